The molecule has 2 aromatic heterocycles. The van der Waals surface area contributed by atoms with E-state index in [2.05, 4.69) is 15.3 Å². The number of hydrogen-bond acceptors (Lipinski definition) is 6. The minimum Gasteiger partial charge on any atom is -0.453 e. The fourth-order valence-electron chi connectivity index (χ4n) is 3.00. The zero-order chi connectivity index (χ0) is 21.4. The van der Waals surface area contributed by atoms with Crippen LogP contribution in [-0.4, -0.2) is 20.0 Å². The molecular weight excluding hydrogens is 432 g/mol. The molecule has 0 saturated heterocycles. The topological polar surface area (TPSA) is 92.0 Å². The Hall–Kier alpha value is -3.10. The second-order valence-corrected chi connectivity index (χ2v) is 7.49. The quantitative estimate of drug-likeness (QED) is 0.423. The Morgan fingerprint density at radius 3 is 2.70 bits per heavy atom. The number of anilines is 1. The first-order valence-corrected chi connectivity index (χ1v) is 9.59. The first kappa shape index (κ1) is 20.2. The minimum absolute atomic E-state index is 0.0565. The first-order valence-electron chi connectivity index (χ1n) is 8.84. The van der Waals surface area contributed by atoms with Gasteiger partial charge in [0.05, 0.1) is 17.6 Å². The summed E-state index contributed by atoms with van der Waals surface area (Å²) in [5.74, 6) is 0.0350. The molecule has 0 bridgehead atoms. The smallest absolute Gasteiger partial charge is 0.266 e. The van der Waals surface area contributed by atoms with Crippen LogP contribution in [0.1, 0.15) is 17.0 Å². The van der Waals surface area contributed by atoms with E-state index in [0.717, 1.165) is 5.56 Å². The summed E-state index contributed by atoms with van der Waals surface area (Å²) in [7, 11) is 1.78. The average Bonchev–Trinajstić information content (AvgIpc) is 3.26. The van der Waals surface area contributed by atoms with Crippen molar-refractivity contribution in [2.24, 2.45) is 7.05 Å². The van der Waals surface area contributed by atoms with Crippen LogP contribution in [0.2, 0.25) is 10.0 Å². The second kappa shape index (κ2) is 7.97. The van der Waals surface area contributed by atoms with Gasteiger partial charge in [0, 0.05) is 29.4 Å². The van der Waals surface area contributed by atoms with Crippen LogP contribution in [0.15, 0.2) is 40.9 Å². The van der Waals surface area contributed by atoms with Gasteiger partial charge in [-0.1, -0.05) is 29.3 Å². The number of hydrogen-bond donors (Lipinski definition) is 1. The largest absolute Gasteiger partial charge is 0.453 e. The monoisotopic (exact) mass is 447 g/mol. The van der Waals surface area contributed by atoms with E-state index < -0.39 is 5.82 Å². The van der Waals surface area contributed by atoms with Crippen LogP contribution in [-0.2, 0) is 13.5 Å². The Bertz CT molecular complexity index is 1200. The molecule has 0 atom stereocenters. The Morgan fingerprint density at radius 2 is 2.00 bits per heavy atom. The van der Waals surface area contributed by atoms with Crippen LogP contribution < -0.4 is 10.5 Å². The summed E-state index contributed by atoms with van der Waals surface area (Å²) in [6, 6.07) is 7.66. The van der Waals surface area contributed by atoms with Crippen molar-refractivity contribution in [3.63, 3.8) is 0 Å². The number of nitrogens with two attached hydrogens (primary N) is 1. The molecule has 4 aromatic rings. The van der Waals surface area contributed by atoms with Gasteiger partial charge in [-0.3, -0.25) is 4.68 Å². The van der Waals surface area contributed by atoms with Crippen molar-refractivity contribution in [3.8, 4) is 23.1 Å². The zero-order valence-corrected chi connectivity index (χ0v) is 17.5. The third-order valence-corrected chi connectivity index (χ3v) is 4.89. The van der Waals surface area contributed by atoms with Crippen molar-refractivity contribution >= 4 is 28.9 Å². The fraction of sp³-hybridized carbons (Fsp3) is 0.150. The van der Waals surface area contributed by atoms with Crippen molar-refractivity contribution in [1.82, 2.24) is 20.0 Å². The van der Waals surface area contributed by atoms with E-state index in [4.69, 9.17) is 38.1 Å². The summed E-state index contributed by atoms with van der Waals surface area (Å²) in [5.41, 5.74) is 8.01. The Labute approximate surface area is 181 Å². The predicted molar refractivity (Wildman–Crippen MR) is 111 cm³/mol. The minimum atomic E-state index is -0.641. The van der Waals surface area contributed by atoms with Gasteiger partial charge in [-0.15, -0.1) is 10.2 Å². The average molecular weight is 448 g/mol. The molecular formula is C20H16Cl2FN5O2. The molecule has 4 rings (SSSR count). The molecule has 2 N–H and O–H groups in total. The Balaban J connectivity index is 1.62. The predicted octanol–water partition coefficient (Wildman–Crippen LogP) is 5.19. The SMILES string of the molecule is Cc1cnn(C)c1-c1nnc(Cc2ccc(Cl)c(Oc3cc(N)cc(Cl)c3)c2F)o1. The molecule has 0 spiro atoms. The van der Waals surface area contributed by atoms with Gasteiger partial charge >= 0.3 is 0 Å². The van der Waals surface area contributed by atoms with Gasteiger partial charge in [-0.05, 0) is 30.7 Å². The van der Waals surface area contributed by atoms with Gasteiger partial charge in [-0.2, -0.15) is 5.10 Å². The molecule has 0 saturated carbocycles. The number of benzene rings is 2. The van der Waals surface area contributed by atoms with E-state index in [1.54, 1.807) is 24.0 Å². The highest BCUT2D eigenvalue weighted by Gasteiger charge is 2.19. The lowest BCUT2D eigenvalue weighted by molar-refractivity contribution is 0.437. The molecule has 0 radical (unpaired) electrons. The number of nitrogen functional groups attached to an aromatic ring is 1. The van der Waals surface area contributed by atoms with E-state index in [0.29, 0.717) is 22.3 Å². The summed E-state index contributed by atoms with van der Waals surface area (Å²) < 4.78 is 28.1. The maximum absolute atomic E-state index is 15.1. The molecule has 0 aliphatic heterocycles. The van der Waals surface area contributed by atoms with E-state index in [1.807, 2.05) is 6.92 Å². The maximum Gasteiger partial charge on any atom is 0.266 e. The molecule has 154 valence electrons. The van der Waals surface area contributed by atoms with Crippen LogP contribution in [0.25, 0.3) is 11.6 Å². The van der Waals surface area contributed by atoms with E-state index in [-0.39, 0.29) is 34.4 Å². The number of ether oxygens (including phenoxy) is 1. The summed E-state index contributed by atoms with van der Waals surface area (Å²) >= 11 is 12.1. The molecule has 0 aliphatic carbocycles. The van der Waals surface area contributed by atoms with Gasteiger partial charge in [0.25, 0.3) is 5.89 Å². The highest BCUT2D eigenvalue weighted by molar-refractivity contribution is 6.32. The van der Waals surface area contributed by atoms with Crippen LogP contribution in [0.5, 0.6) is 11.5 Å². The van der Waals surface area contributed by atoms with Gasteiger partial charge in [0.1, 0.15) is 11.4 Å². The van der Waals surface area contributed by atoms with Crippen molar-refractivity contribution < 1.29 is 13.5 Å². The van der Waals surface area contributed by atoms with E-state index in [1.165, 1.54) is 24.3 Å². The number of aryl methyl sites for hydroxylation is 2. The second-order valence-electron chi connectivity index (χ2n) is 6.65. The highest BCUT2D eigenvalue weighted by atomic mass is 35.5. The molecule has 0 unspecified atom stereocenters. The molecule has 0 amide bonds. The molecule has 7 nitrogen and oxygen atoms in total. The summed E-state index contributed by atoms with van der Waals surface area (Å²) in [5, 5.41) is 12.7. The van der Waals surface area contributed by atoms with Crippen molar-refractivity contribution in [2.75, 3.05) is 5.73 Å². The van der Waals surface area contributed by atoms with Crippen molar-refractivity contribution in [2.45, 2.75) is 13.3 Å². The van der Waals surface area contributed by atoms with Gasteiger partial charge in [0.2, 0.25) is 5.89 Å². The van der Waals surface area contributed by atoms with Gasteiger partial charge in [-0.25, -0.2) is 4.39 Å². The van der Waals surface area contributed by atoms with Gasteiger partial charge in [0.15, 0.2) is 11.6 Å². The van der Waals surface area contributed by atoms with Crippen LogP contribution in [0.3, 0.4) is 0 Å². The Morgan fingerprint density at radius 1 is 1.20 bits per heavy atom. The lowest BCUT2D eigenvalue weighted by atomic mass is 10.1. The molecule has 0 fully saturated rings. The number of rotatable bonds is 5. The van der Waals surface area contributed by atoms with Crippen molar-refractivity contribution in [3.05, 3.63) is 69.4 Å². The summed E-state index contributed by atoms with van der Waals surface area (Å²) in [4.78, 5) is 0. The third-order valence-electron chi connectivity index (χ3n) is 4.38. The zero-order valence-electron chi connectivity index (χ0n) is 16.0. The molecule has 2 heterocycles. The van der Waals surface area contributed by atoms with Gasteiger partial charge < -0.3 is 14.9 Å². The lowest BCUT2D eigenvalue weighted by Gasteiger charge is -2.12. The van der Waals surface area contributed by atoms with Crippen LogP contribution >= 0.6 is 23.2 Å². The normalized spacial score (nSPS) is 11.1. The summed E-state index contributed by atoms with van der Waals surface area (Å²) in [6.07, 6.45) is 1.76. The van der Waals surface area contributed by atoms with Crippen molar-refractivity contribution in [1.29, 1.82) is 0 Å². The molecule has 0 aliphatic rings. The standard InChI is InChI=1S/C20H16Cl2FN5O2/c1-10-9-25-28(2)18(10)20-27-26-16(30-20)5-11-3-4-15(22)19(17(11)23)29-14-7-12(21)6-13(24)8-14/h3-4,6-9H,5,24H2,1-2H3. The number of aromatic nitrogens is 4. The lowest BCUT2D eigenvalue weighted by Crippen LogP contribution is -1.98. The van der Waals surface area contributed by atoms with E-state index in [9.17, 15) is 0 Å². The number of halogens is 3. The maximum atomic E-state index is 15.1. The summed E-state index contributed by atoms with van der Waals surface area (Å²) in [6.45, 7) is 1.89. The third kappa shape index (κ3) is 3.96. The first-order chi connectivity index (χ1) is 14.3. The molecule has 10 heteroatoms. The van der Waals surface area contributed by atoms with E-state index >= 15 is 4.39 Å². The molecule has 2 aromatic carbocycles. The Kier molecular flexibility index (Phi) is 5.36. The molecule has 30 heavy (non-hydrogen) atoms. The fourth-order valence-corrected chi connectivity index (χ4v) is 3.42. The van der Waals surface area contributed by atoms with Crippen LogP contribution in [0, 0.1) is 12.7 Å². The van der Waals surface area contributed by atoms with Crippen LogP contribution in [0.4, 0.5) is 10.1 Å². The highest BCUT2D eigenvalue weighted by Crippen LogP contribution is 2.36. The number of nitrogens with zero attached hydrogens (tertiary/aromatic N) is 4.